The molecule has 0 amide bonds. The molecule has 8 nitrogen and oxygen atoms in total. The molecule has 0 unspecified atom stereocenters. The van der Waals surface area contributed by atoms with Crippen LogP contribution >= 0.6 is 0 Å². The van der Waals surface area contributed by atoms with Crippen molar-refractivity contribution in [1.29, 1.82) is 0 Å². The number of nitrogens with zero attached hydrogens (tertiary/aromatic N) is 3. The average Bonchev–Trinajstić information content (AvgIpc) is 3.13. The highest BCUT2D eigenvalue weighted by Crippen LogP contribution is 2.22. The molecule has 0 fully saturated rings. The molecule has 27 heavy (non-hydrogen) atoms. The highest BCUT2D eigenvalue weighted by molar-refractivity contribution is 7.91. The molecule has 0 saturated heterocycles. The van der Waals surface area contributed by atoms with Crippen molar-refractivity contribution in [2.45, 2.75) is 5.75 Å². The van der Waals surface area contributed by atoms with Crippen LogP contribution in [0.15, 0.2) is 70.5 Å². The summed E-state index contributed by atoms with van der Waals surface area (Å²) in [5, 5.41) is 0.739. The van der Waals surface area contributed by atoms with E-state index in [1.807, 2.05) is 4.90 Å². The van der Waals surface area contributed by atoms with Gasteiger partial charge < -0.3 is 15.1 Å². The molecule has 0 aliphatic carbocycles. The van der Waals surface area contributed by atoms with Gasteiger partial charge in [-0.05, 0) is 48.0 Å². The lowest BCUT2D eigenvalue weighted by molar-refractivity contribution is 0.500. The van der Waals surface area contributed by atoms with Gasteiger partial charge in [0.2, 0.25) is 15.6 Å². The highest BCUT2D eigenvalue weighted by Gasteiger charge is 2.16. The van der Waals surface area contributed by atoms with Crippen molar-refractivity contribution in [3.8, 4) is 0 Å². The second-order valence-corrected chi connectivity index (χ2v) is 7.74. The fraction of sp³-hybridized carbons (Fsp3) is 0.111. The molecule has 3 heterocycles. The van der Waals surface area contributed by atoms with Crippen molar-refractivity contribution >= 4 is 27.2 Å². The van der Waals surface area contributed by atoms with E-state index in [0.29, 0.717) is 29.3 Å². The third kappa shape index (κ3) is 3.63. The number of hydrogen-bond acceptors (Lipinski definition) is 7. The normalized spacial score (nSPS) is 13.8. The lowest BCUT2D eigenvalue weighted by Gasteiger charge is -2.24. The smallest absolute Gasteiger partial charge is 0.236 e. The fourth-order valence-electron chi connectivity index (χ4n) is 2.82. The Kier molecular flexibility index (Phi) is 4.28. The molecule has 0 saturated carbocycles. The van der Waals surface area contributed by atoms with Crippen molar-refractivity contribution < 1.29 is 12.8 Å². The minimum atomic E-state index is -3.52. The molecule has 0 atom stereocenters. The molecule has 3 N–H and O–H groups in total. The third-order valence-electron chi connectivity index (χ3n) is 4.13. The number of pyridine rings is 1. The highest BCUT2D eigenvalue weighted by atomic mass is 32.2. The fourth-order valence-corrected chi connectivity index (χ4v) is 4.02. The van der Waals surface area contributed by atoms with E-state index in [2.05, 4.69) is 14.7 Å². The van der Waals surface area contributed by atoms with Crippen molar-refractivity contribution in [2.75, 3.05) is 16.3 Å². The van der Waals surface area contributed by atoms with Gasteiger partial charge in [-0.3, -0.25) is 9.71 Å². The van der Waals surface area contributed by atoms with E-state index in [1.54, 1.807) is 61.1 Å². The molecule has 9 heteroatoms. The number of sulfonamides is 1. The standard InChI is InChI=1S/C18H17N5O3S/c19-17-16-7-10-26-18(16)21-12-23(17)15-3-1-14(2-4-15)22-27(24,25)11-13-5-8-20-9-6-13/h1-10,22H,11-12,19H2. The van der Waals surface area contributed by atoms with E-state index in [0.717, 1.165) is 10.9 Å². The van der Waals surface area contributed by atoms with E-state index < -0.39 is 10.0 Å². The number of furan rings is 1. The van der Waals surface area contributed by atoms with Gasteiger partial charge in [-0.2, -0.15) is 0 Å². The minimum absolute atomic E-state index is 0.119. The first-order valence-electron chi connectivity index (χ1n) is 8.17. The Hall–Kier alpha value is -3.33. The lowest BCUT2D eigenvalue weighted by atomic mass is 10.2. The van der Waals surface area contributed by atoms with E-state index in [1.165, 1.54) is 0 Å². The summed E-state index contributed by atoms with van der Waals surface area (Å²) in [4.78, 5) is 10.0. The van der Waals surface area contributed by atoms with Crippen LogP contribution in [0, 0.1) is 0 Å². The quantitative estimate of drug-likeness (QED) is 0.672. The summed E-state index contributed by atoms with van der Waals surface area (Å²) in [6.07, 6.45) is 4.68. The first-order valence-corrected chi connectivity index (χ1v) is 9.82. The van der Waals surface area contributed by atoms with Gasteiger partial charge in [0, 0.05) is 23.8 Å². The van der Waals surface area contributed by atoms with Crippen LogP contribution in [0.4, 0.5) is 11.4 Å². The van der Waals surface area contributed by atoms with Gasteiger partial charge in [0.15, 0.2) is 0 Å². The van der Waals surface area contributed by atoms with Gasteiger partial charge in [0.05, 0.1) is 17.2 Å². The molecule has 1 aliphatic rings. The average molecular weight is 383 g/mol. The minimum Gasteiger partial charge on any atom is -0.446 e. The van der Waals surface area contributed by atoms with Crippen LogP contribution in [-0.4, -0.2) is 20.1 Å². The van der Waals surface area contributed by atoms with E-state index in [9.17, 15) is 8.42 Å². The Labute approximate surface area is 155 Å². The summed E-state index contributed by atoms with van der Waals surface area (Å²) in [6, 6.07) is 12.1. The van der Waals surface area contributed by atoms with Crippen molar-refractivity contribution in [1.82, 2.24) is 4.98 Å². The lowest BCUT2D eigenvalue weighted by Crippen LogP contribution is -2.42. The number of aromatic nitrogens is 1. The predicted molar refractivity (Wildman–Crippen MR) is 101 cm³/mol. The molecule has 4 rings (SSSR count). The summed E-state index contributed by atoms with van der Waals surface area (Å²) >= 11 is 0. The summed E-state index contributed by atoms with van der Waals surface area (Å²) in [7, 11) is -3.52. The van der Waals surface area contributed by atoms with E-state index in [-0.39, 0.29) is 5.75 Å². The zero-order valence-electron chi connectivity index (χ0n) is 14.2. The monoisotopic (exact) mass is 383 g/mol. The molecular weight excluding hydrogens is 366 g/mol. The van der Waals surface area contributed by atoms with Gasteiger partial charge in [-0.25, -0.2) is 13.4 Å². The number of nitrogens with one attached hydrogen (secondary N) is 1. The summed E-state index contributed by atoms with van der Waals surface area (Å²) in [5.41, 5.74) is 8.67. The van der Waals surface area contributed by atoms with Crippen LogP contribution in [0.25, 0.3) is 5.82 Å². The summed E-state index contributed by atoms with van der Waals surface area (Å²) < 4.78 is 32.5. The van der Waals surface area contributed by atoms with Crippen molar-refractivity contribution in [3.05, 3.63) is 77.5 Å². The zero-order valence-corrected chi connectivity index (χ0v) is 15.1. The second kappa shape index (κ2) is 6.76. The van der Waals surface area contributed by atoms with Gasteiger partial charge >= 0.3 is 0 Å². The number of fused-ring (bicyclic) bond motifs is 1. The maximum absolute atomic E-state index is 12.3. The van der Waals surface area contributed by atoms with Crippen LogP contribution in [0.3, 0.4) is 0 Å². The summed E-state index contributed by atoms with van der Waals surface area (Å²) in [5.74, 6) is 0.423. The Morgan fingerprint density at radius 1 is 1.11 bits per heavy atom. The van der Waals surface area contributed by atoms with Crippen molar-refractivity contribution in [2.24, 2.45) is 10.7 Å². The van der Waals surface area contributed by atoms with E-state index in [4.69, 9.17) is 10.2 Å². The number of anilines is 2. The molecule has 0 bridgehead atoms. The zero-order chi connectivity index (χ0) is 18.9. The number of benzene rings is 1. The molecule has 0 radical (unpaired) electrons. The Bertz CT molecular complexity index is 1170. The SMILES string of the molecule is NC1=c2ccoc2=NCN1c1ccc(NS(=O)(=O)Cc2ccncc2)cc1. The largest absolute Gasteiger partial charge is 0.446 e. The maximum atomic E-state index is 12.3. The number of nitrogens with two attached hydrogens (primary N) is 1. The Morgan fingerprint density at radius 3 is 2.59 bits per heavy atom. The Morgan fingerprint density at radius 2 is 1.85 bits per heavy atom. The van der Waals surface area contributed by atoms with Gasteiger partial charge in [-0.1, -0.05) is 0 Å². The third-order valence-corrected chi connectivity index (χ3v) is 5.39. The van der Waals surface area contributed by atoms with Crippen molar-refractivity contribution in [3.63, 3.8) is 0 Å². The molecule has 0 spiro atoms. The molecule has 1 aliphatic heterocycles. The van der Waals surface area contributed by atoms with Gasteiger partial charge in [0.25, 0.3) is 0 Å². The number of hydrogen-bond donors (Lipinski definition) is 2. The van der Waals surface area contributed by atoms with Crippen LogP contribution in [0.5, 0.6) is 0 Å². The summed E-state index contributed by atoms with van der Waals surface area (Å²) in [6.45, 7) is 0.333. The Balaban J connectivity index is 1.51. The van der Waals surface area contributed by atoms with Crippen LogP contribution in [0.1, 0.15) is 5.56 Å². The predicted octanol–water partition coefficient (Wildman–Crippen LogP) is 0.738. The topological polar surface area (TPSA) is 114 Å². The number of rotatable bonds is 5. The van der Waals surface area contributed by atoms with Gasteiger partial charge in [-0.15, -0.1) is 0 Å². The molecule has 138 valence electrons. The molecule has 2 aromatic heterocycles. The van der Waals surface area contributed by atoms with Crippen LogP contribution < -0.4 is 26.1 Å². The second-order valence-electron chi connectivity index (χ2n) is 6.02. The maximum Gasteiger partial charge on any atom is 0.236 e. The first kappa shape index (κ1) is 17.1. The molecular formula is C18H17N5O3S. The molecule has 3 aromatic rings. The van der Waals surface area contributed by atoms with E-state index >= 15 is 0 Å². The first-order chi connectivity index (χ1) is 13.0. The van der Waals surface area contributed by atoms with Crippen LogP contribution in [-0.2, 0) is 15.8 Å². The van der Waals surface area contributed by atoms with Crippen LogP contribution in [0.2, 0.25) is 0 Å². The molecule has 1 aromatic carbocycles. The van der Waals surface area contributed by atoms with Gasteiger partial charge in [0.1, 0.15) is 12.5 Å².